The van der Waals surface area contributed by atoms with E-state index >= 15 is 0 Å². The number of rotatable bonds is 7. The van der Waals surface area contributed by atoms with E-state index < -0.39 is 40.8 Å². The summed E-state index contributed by atoms with van der Waals surface area (Å²) in [5.74, 6) is -1.13. The van der Waals surface area contributed by atoms with Gasteiger partial charge in [0.05, 0.1) is 11.2 Å². The maximum Gasteiger partial charge on any atom is 0.344 e. The molecule has 2 saturated carbocycles. The summed E-state index contributed by atoms with van der Waals surface area (Å²) in [6, 6.07) is 0. The smallest absolute Gasteiger partial charge is 0.344 e. The fraction of sp³-hybridized carbons (Fsp3) is 0.923. The number of hydrogen-bond donors (Lipinski definition) is 0. The average molecular weight is 383 g/mol. The molecule has 1 heterocycles. The minimum atomic E-state index is -4.65. The Hall–Kier alpha value is -0.590. The summed E-state index contributed by atoms with van der Waals surface area (Å²) in [5, 5.41) is 0. The third-order valence-corrected chi connectivity index (χ3v) is 10.9. The van der Waals surface area contributed by atoms with Gasteiger partial charge in [0.2, 0.25) is 0 Å². The van der Waals surface area contributed by atoms with Gasteiger partial charge in [-0.3, -0.25) is 9.63 Å². The first-order chi connectivity index (χ1) is 11.1. The fourth-order valence-electron chi connectivity index (χ4n) is 4.52. The number of ketones is 1. The topological polar surface area (TPSA) is 119 Å². The maximum atomic E-state index is 12.7. The minimum absolute atomic E-state index is 0.106. The first kappa shape index (κ1) is 18.2. The van der Waals surface area contributed by atoms with Crippen molar-refractivity contribution in [3.63, 3.8) is 0 Å². The fourth-order valence-corrected chi connectivity index (χ4v) is 8.52. The molecule has 0 spiro atoms. The molecule has 11 heteroatoms. The number of fused-ring (bicyclic) bond motifs is 2. The molecule has 2 bridgehead atoms. The highest BCUT2D eigenvalue weighted by molar-refractivity contribution is 8.66. The van der Waals surface area contributed by atoms with Crippen molar-refractivity contribution in [1.29, 1.82) is 0 Å². The van der Waals surface area contributed by atoms with E-state index in [1.165, 1.54) is 14.2 Å². The summed E-state index contributed by atoms with van der Waals surface area (Å²) >= 11 is 0. The van der Waals surface area contributed by atoms with E-state index in [-0.39, 0.29) is 24.9 Å². The van der Waals surface area contributed by atoms with Crippen molar-refractivity contribution in [2.24, 2.45) is 16.7 Å². The van der Waals surface area contributed by atoms with Gasteiger partial charge in [0.1, 0.15) is 5.78 Å². The molecule has 4 atom stereocenters. The Morgan fingerprint density at radius 3 is 2.33 bits per heavy atom. The molecule has 0 radical (unpaired) electrons. The molecule has 3 fully saturated rings. The molecule has 0 aromatic rings. The van der Waals surface area contributed by atoms with Crippen LogP contribution in [0.25, 0.3) is 0 Å². The molecule has 24 heavy (non-hydrogen) atoms. The Bertz CT molecular complexity index is 755. The van der Waals surface area contributed by atoms with E-state index in [0.717, 1.165) is 0 Å². The third-order valence-electron chi connectivity index (χ3n) is 5.91. The Kier molecular flexibility index (Phi) is 4.14. The molecular weight excluding hydrogens is 362 g/mol. The van der Waals surface area contributed by atoms with Crippen LogP contribution in [-0.4, -0.2) is 60.1 Å². The van der Waals surface area contributed by atoms with Crippen LogP contribution in [0.15, 0.2) is 0 Å². The van der Waals surface area contributed by atoms with E-state index in [0.29, 0.717) is 17.3 Å². The first-order valence-electron chi connectivity index (χ1n) is 7.54. The molecule has 0 N–H and O–H groups in total. The monoisotopic (exact) mass is 383 g/mol. The molecule has 0 aromatic carbocycles. The number of nitrogens with zero attached hydrogens (tertiary/aromatic N) is 1. The van der Waals surface area contributed by atoms with Crippen LogP contribution >= 0.6 is 0 Å². The van der Waals surface area contributed by atoms with Crippen LogP contribution < -0.4 is 0 Å². The highest BCUT2D eigenvalue weighted by Crippen LogP contribution is 2.66. The lowest BCUT2D eigenvalue weighted by Gasteiger charge is -2.42. The van der Waals surface area contributed by atoms with Crippen LogP contribution in [0.4, 0.5) is 0 Å². The Morgan fingerprint density at radius 2 is 1.88 bits per heavy atom. The average Bonchev–Trinajstić information content (AvgIpc) is 3.29. The van der Waals surface area contributed by atoms with Crippen LogP contribution in [-0.2, 0) is 37.0 Å². The summed E-state index contributed by atoms with van der Waals surface area (Å²) in [7, 11) is -6.44. The lowest BCUT2D eigenvalue weighted by Crippen LogP contribution is -2.52. The lowest BCUT2D eigenvalue weighted by atomic mass is 9.68. The van der Waals surface area contributed by atoms with E-state index in [1.807, 2.05) is 0 Å². The van der Waals surface area contributed by atoms with Crippen molar-refractivity contribution < 1.29 is 35.9 Å². The molecule has 0 aromatic heterocycles. The summed E-state index contributed by atoms with van der Waals surface area (Å²) in [6.45, 7) is 1.46. The molecular formula is C13H21NO8S2. The van der Waals surface area contributed by atoms with E-state index in [2.05, 4.69) is 4.84 Å². The van der Waals surface area contributed by atoms with Crippen LogP contribution in [0.3, 0.4) is 0 Å². The van der Waals surface area contributed by atoms with Gasteiger partial charge in [-0.1, -0.05) is 6.92 Å². The zero-order chi connectivity index (χ0) is 18.0. The first-order valence-corrected chi connectivity index (χ1v) is 11.1. The standard InChI is InChI=1S/C13H21NO8S2/c1-12(11(20-2)21-3)9-4-5-13(12,10(15)6-9)7-23(16,17)24(18,19)14-8-22-14/h9,11H,4-8H2,1-3H3. The second-order valence-corrected chi connectivity index (χ2v) is 12.2. The van der Waals surface area contributed by atoms with Gasteiger partial charge >= 0.3 is 9.06 Å². The zero-order valence-corrected chi connectivity index (χ0v) is 15.4. The molecule has 3 aliphatic rings. The molecule has 1 saturated heterocycles. The molecule has 3 rings (SSSR count). The number of Topliss-reactive ketones (excluding diaryl/α,β-unsaturated/α-hetero) is 1. The second-order valence-electron chi connectivity index (χ2n) is 6.75. The number of carbonyl (C=O) groups excluding carboxylic acids is 1. The Balaban J connectivity index is 2.05. The summed E-state index contributed by atoms with van der Waals surface area (Å²) < 4.78 is 60.5. The van der Waals surface area contributed by atoms with Gasteiger partial charge in [-0.25, -0.2) is 8.42 Å². The van der Waals surface area contributed by atoms with E-state index in [1.54, 1.807) is 6.92 Å². The Labute approximate surface area is 140 Å². The largest absolute Gasteiger partial charge is 0.355 e. The molecule has 4 unspecified atom stereocenters. The molecule has 138 valence electrons. The van der Waals surface area contributed by atoms with Crippen molar-refractivity contribution in [2.75, 3.05) is 26.7 Å². The van der Waals surface area contributed by atoms with Gasteiger partial charge in [-0.05, 0) is 23.2 Å². The number of hydroxylamine groups is 1. The molecule has 1 aliphatic heterocycles. The van der Waals surface area contributed by atoms with Crippen molar-refractivity contribution in [1.82, 2.24) is 4.47 Å². The lowest BCUT2D eigenvalue weighted by molar-refractivity contribution is -0.201. The van der Waals surface area contributed by atoms with Crippen molar-refractivity contribution in [3.8, 4) is 0 Å². The third kappa shape index (κ3) is 2.15. The van der Waals surface area contributed by atoms with Crippen molar-refractivity contribution in [2.45, 2.75) is 32.5 Å². The van der Waals surface area contributed by atoms with Gasteiger partial charge in [0.25, 0.3) is 8.87 Å². The van der Waals surface area contributed by atoms with Crippen LogP contribution in [0.2, 0.25) is 0 Å². The van der Waals surface area contributed by atoms with Gasteiger partial charge in [0, 0.05) is 26.1 Å². The van der Waals surface area contributed by atoms with Crippen molar-refractivity contribution in [3.05, 3.63) is 0 Å². The van der Waals surface area contributed by atoms with Gasteiger partial charge in [-0.15, -0.1) is 0 Å². The van der Waals surface area contributed by atoms with Crippen molar-refractivity contribution >= 4 is 23.7 Å². The highest BCUT2D eigenvalue weighted by Gasteiger charge is 2.71. The number of ether oxygens (including phenoxy) is 2. The van der Waals surface area contributed by atoms with E-state index in [9.17, 15) is 21.6 Å². The summed E-state index contributed by atoms with van der Waals surface area (Å²) in [6.07, 6.45) is 0.328. The maximum absolute atomic E-state index is 12.7. The number of hydrogen-bond acceptors (Lipinski definition) is 8. The molecule has 9 nitrogen and oxygen atoms in total. The summed E-state index contributed by atoms with van der Waals surface area (Å²) in [5.41, 5.74) is -2.24. The Morgan fingerprint density at radius 1 is 1.29 bits per heavy atom. The summed E-state index contributed by atoms with van der Waals surface area (Å²) in [4.78, 5) is 17.2. The van der Waals surface area contributed by atoms with Crippen LogP contribution in [0.1, 0.15) is 26.2 Å². The number of carbonyl (C=O) groups is 1. The van der Waals surface area contributed by atoms with Gasteiger partial charge < -0.3 is 9.47 Å². The second kappa shape index (κ2) is 5.45. The molecule has 2 aliphatic carbocycles. The van der Waals surface area contributed by atoms with Gasteiger partial charge in [-0.2, -0.15) is 8.42 Å². The highest BCUT2D eigenvalue weighted by atomic mass is 33.2. The number of methoxy groups -OCH3 is 2. The predicted octanol–water partition coefficient (Wildman–Crippen LogP) is -0.155. The van der Waals surface area contributed by atoms with Gasteiger partial charge in [0.15, 0.2) is 13.0 Å². The molecule has 0 amide bonds. The quantitative estimate of drug-likeness (QED) is 0.338. The minimum Gasteiger partial charge on any atom is -0.355 e. The van der Waals surface area contributed by atoms with E-state index in [4.69, 9.17) is 9.47 Å². The zero-order valence-electron chi connectivity index (χ0n) is 13.7. The normalized spacial score (nSPS) is 38.9. The van der Waals surface area contributed by atoms with Crippen LogP contribution in [0.5, 0.6) is 0 Å². The SMILES string of the molecule is COC(OC)C1(C)C2CCC1(CS(=O)(=O)S(=O)(=O)N1CO1)C(=O)C2. The van der Waals surface area contributed by atoms with Crippen LogP contribution in [0, 0.1) is 16.7 Å². The predicted molar refractivity (Wildman–Crippen MR) is 81.2 cm³/mol.